The van der Waals surface area contributed by atoms with E-state index in [9.17, 15) is 9.59 Å². The summed E-state index contributed by atoms with van der Waals surface area (Å²) in [5.41, 5.74) is 3.62. The molecule has 0 spiro atoms. The van der Waals surface area contributed by atoms with Crippen molar-refractivity contribution in [1.29, 1.82) is 0 Å². The Hall–Kier alpha value is -2.34. The van der Waals surface area contributed by atoms with Crippen LogP contribution in [-0.4, -0.2) is 48.1 Å². The summed E-state index contributed by atoms with van der Waals surface area (Å²) in [7, 11) is 0. The van der Waals surface area contributed by atoms with E-state index in [1.807, 2.05) is 0 Å². The van der Waals surface area contributed by atoms with Crippen molar-refractivity contribution in [2.45, 2.75) is 58.9 Å². The van der Waals surface area contributed by atoms with Crippen molar-refractivity contribution in [3.05, 3.63) is 35.5 Å². The molecule has 1 N–H and O–H groups in total. The van der Waals surface area contributed by atoms with E-state index in [1.54, 1.807) is 13.8 Å². The smallest absolute Gasteiger partial charge is 0.320 e. The number of aromatic amines is 1. The van der Waals surface area contributed by atoms with Gasteiger partial charge in [0.05, 0.1) is 19.3 Å². The fourth-order valence-electron chi connectivity index (χ4n) is 5.88. The predicted molar refractivity (Wildman–Crippen MR) is 120 cm³/mol. The molecule has 0 bridgehead atoms. The number of nitrogens with one attached hydrogen (secondary N) is 1. The number of H-pyrrole nitrogens is 1. The van der Waals surface area contributed by atoms with E-state index in [2.05, 4.69) is 41.1 Å². The van der Waals surface area contributed by atoms with Crippen molar-refractivity contribution in [1.82, 2.24) is 9.88 Å². The largest absolute Gasteiger partial charge is 0.465 e. The predicted octanol–water partition coefficient (Wildman–Crippen LogP) is 4.39. The third-order valence-electron chi connectivity index (χ3n) is 7.29. The number of ether oxygens (including phenoxy) is 2. The van der Waals surface area contributed by atoms with Gasteiger partial charge in [0.1, 0.15) is 0 Å². The minimum atomic E-state index is -0.880. The van der Waals surface area contributed by atoms with Gasteiger partial charge in [0.15, 0.2) is 5.92 Å². The van der Waals surface area contributed by atoms with Crippen LogP contribution in [0.5, 0.6) is 0 Å². The molecule has 0 saturated carbocycles. The van der Waals surface area contributed by atoms with E-state index in [1.165, 1.54) is 16.6 Å². The van der Waals surface area contributed by atoms with Gasteiger partial charge >= 0.3 is 11.9 Å². The van der Waals surface area contributed by atoms with Crippen molar-refractivity contribution < 1.29 is 19.1 Å². The molecule has 0 aliphatic carbocycles. The summed E-state index contributed by atoms with van der Waals surface area (Å²) >= 11 is 0. The van der Waals surface area contributed by atoms with Gasteiger partial charge in [0, 0.05) is 23.1 Å². The molecule has 1 aromatic carbocycles. The molecule has 0 unspecified atom stereocenters. The lowest BCUT2D eigenvalue weighted by Crippen LogP contribution is -2.51. The number of aromatic nitrogens is 1. The van der Waals surface area contributed by atoms with Crippen LogP contribution in [-0.2, 0) is 25.5 Å². The zero-order chi connectivity index (χ0) is 22.0. The Balaban J connectivity index is 1.76. The monoisotopic (exact) mass is 426 g/mol. The standard InChI is InChI=1S/C25H34N2O4/c1-4-25(16-19(23(28)30-5-2)24(29)31-6-3)13-9-14-27-15-12-18-17-10-7-8-11-20(17)26-21(18)22(25)27/h7-8,10-11,19,22,26H,4-6,9,12-16H2,1-3H3/t22-,25+/m1/s1. The summed E-state index contributed by atoms with van der Waals surface area (Å²) in [5.74, 6) is -1.80. The lowest BCUT2D eigenvalue weighted by molar-refractivity contribution is -0.165. The number of hydrogen-bond acceptors (Lipinski definition) is 5. The summed E-state index contributed by atoms with van der Waals surface area (Å²) in [5, 5.41) is 1.29. The van der Waals surface area contributed by atoms with Gasteiger partial charge in [0.25, 0.3) is 0 Å². The molecule has 1 saturated heterocycles. The van der Waals surface area contributed by atoms with Gasteiger partial charge in [-0.3, -0.25) is 14.5 Å². The molecule has 1 fully saturated rings. The van der Waals surface area contributed by atoms with E-state index in [0.717, 1.165) is 44.3 Å². The first-order chi connectivity index (χ1) is 15.0. The van der Waals surface area contributed by atoms with Gasteiger partial charge in [0.2, 0.25) is 0 Å². The van der Waals surface area contributed by atoms with Crippen LogP contribution in [0.2, 0.25) is 0 Å². The molecule has 31 heavy (non-hydrogen) atoms. The topological polar surface area (TPSA) is 71.6 Å². The van der Waals surface area contributed by atoms with Gasteiger partial charge in [-0.1, -0.05) is 25.1 Å². The second-order valence-corrected chi connectivity index (χ2v) is 8.83. The van der Waals surface area contributed by atoms with E-state index in [-0.39, 0.29) is 24.7 Å². The number of rotatable bonds is 7. The quantitative estimate of drug-likeness (QED) is 0.525. The molecule has 0 radical (unpaired) electrons. The Morgan fingerprint density at radius 2 is 1.84 bits per heavy atom. The summed E-state index contributed by atoms with van der Waals surface area (Å²) < 4.78 is 10.6. The lowest BCUT2D eigenvalue weighted by Gasteiger charge is -2.52. The molecular weight excluding hydrogens is 392 g/mol. The number of esters is 2. The first-order valence-electron chi connectivity index (χ1n) is 11.7. The van der Waals surface area contributed by atoms with Crippen LogP contribution in [0.3, 0.4) is 0 Å². The van der Waals surface area contributed by atoms with Crippen LogP contribution in [0.15, 0.2) is 24.3 Å². The average Bonchev–Trinajstić information content (AvgIpc) is 3.16. The number of nitrogens with zero attached hydrogens (tertiary/aromatic N) is 1. The van der Waals surface area contributed by atoms with Crippen molar-refractivity contribution in [3.63, 3.8) is 0 Å². The van der Waals surface area contributed by atoms with Crippen LogP contribution in [0.25, 0.3) is 10.9 Å². The van der Waals surface area contributed by atoms with Crippen molar-refractivity contribution >= 4 is 22.8 Å². The molecular formula is C25H34N2O4. The van der Waals surface area contributed by atoms with Gasteiger partial charge in [-0.2, -0.15) is 0 Å². The molecule has 2 aliphatic heterocycles. The number of hydrogen-bond donors (Lipinski definition) is 1. The van der Waals surface area contributed by atoms with Crippen molar-refractivity contribution in [3.8, 4) is 0 Å². The van der Waals surface area contributed by atoms with Crippen LogP contribution >= 0.6 is 0 Å². The van der Waals surface area contributed by atoms with E-state index in [4.69, 9.17) is 9.47 Å². The second-order valence-electron chi connectivity index (χ2n) is 8.83. The van der Waals surface area contributed by atoms with Crippen LogP contribution in [0.1, 0.15) is 63.8 Å². The molecule has 2 atom stereocenters. The van der Waals surface area contributed by atoms with Crippen LogP contribution in [0.4, 0.5) is 0 Å². The molecule has 0 amide bonds. The van der Waals surface area contributed by atoms with Crippen LogP contribution < -0.4 is 0 Å². The number of para-hydroxylation sites is 1. The maximum Gasteiger partial charge on any atom is 0.320 e. The van der Waals surface area contributed by atoms with Gasteiger partial charge < -0.3 is 14.5 Å². The highest BCUT2D eigenvalue weighted by molar-refractivity contribution is 5.95. The number of benzene rings is 1. The minimum absolute atomic E-state index is 0.161. The zero-order valence-corrected chi connectivity index (χ0v) is 18.9. The van der Waals surface area contributed by atoms with Crippen molar-refractivity contribution in [2.75, 3.05) is 26.3 Å². The maximum atomic E-state index is 12.8. The van der Waals surface area contributed by atoms with E-state index in [0.29, 0.717) is 6.42 Å². The third-order valence-corrected chi connectivity index (χ3v) is 7.29. The second kappa shape index (κ2) is 9.03. The van der Waals surface area contributed by atoms with E-state index >= 15 is 0 Å². The highest BCUT2D eigenvalue weighted by Gasteiger charge is 2.50. The normalized spacial score (nSPS) is 23.4. The molecule has 6 nitrogen and oxygen atoms in total. The third kappa shape index (κ3) is 3.86. The van der Waals surface area contributed by atoms with Crippen LogP contribution in [0, 0.1) is 11.3 Å². The fraction of sp³-hybridized carbons (Fsp3) is 0.600. The fourth-order valence-corrected chi connectivity index (χ4v) is 5.88. The SMILES string of the molecule is CCOC(=O)C(C[C@]1(CC)CCCN2CCc3c([nH]c4ccccc34)[C@@H]21)C(=O)OCC. The van der Waals surface area contributed by atoms with Gasteiger partial charge in [-0.15, -0.1) is 0 Å². The number of piperidine rings is 1. The average molecular weight is 427 g/mol. The Bertz CT molecular complexity index is 934. The number of carbonyl (C=O) groups is 2. The zero-order valence-electron chi connectivity index (χ0n) is 18.9. The van der Waals surface area contributed by atoms with E-state index < -0.39 is 17.9 Å². The summed E-state index contributed by atoms with van der Waals surface area (Å²) in [6, 6.07) is 8.64. The maximum absolute atomic E-state index is 12.8. The summed E-state index contributed by atoms with van der Waals surface area (Å²) in [6.45, 7) is 8.31. The molecule has 168 valence electrons. The van der Waals surface area contributed by atoms with Gasteiger partial charge in [-0.05, 0) is 69.5 Å². The first-order valence-corrected chi connectivity index (χ1v) is 11.7. The first kappa shape index (κ1) is 21.9. The molecule has 3 heterocycles. The minimum Gasteiger partial charge on any atom is -0.465 e. The number of carbonyl (C=O) groups excluding carboxylic acids is 2. The summed E-state index contributed by atoms with van der Waals surface area (Å²) in [6.07, 6.45) is 4.41. The highest BCUT2D eigenvalue weighted by Crippen LogP contribution is 2.54. The Kier molecular flexibility index (Phi) is 6.37. The van der Waals surface area contributed by atoms with Crippen molar-refractivity contribution in [2.24, 2.45) is 11.3 Å². The molecule has 4 rings (SSSR count). The number of fused-ring (bicyclic) bond motifs is 5. The van der Waals surface area contributed by atoms with Gasteiger partial charge in [-0.25, -0.2) is 0 Å². The molecule has 2 aliphatic rings. The lowest BCUT2D eigenvalue weighted by atomic mass is 9.64. The Morgan fingerprint density at radius 3 is 2.52 bits per heavy atom. The summed E-state index contributed by atoms with van der Waals surface area (Å²) in [4.78, 5) is 31.9. The Labute approximate surface area is 184 Å². The Morgan fingerprint density at radius 1 is 1.13 bits per heavy atom. The molecule has 6 heteroatoms. The highest BCUT2D eigenvalue weighted by atomic mass is 16.6. The molecule has 1 aromatic heterocycles. The molecule has 2 aromatic rings.